The van der Waals surface area contributed by atoms with Gasteiger partial charge in [-0.05, 0) is 29.8 Å². The van der Waals surface area contributed by atoms with Crippen molar-refractivity contribution in [2.45, 2.75) is 6.42 Å². The van der Waals surface area contributed by atoms with Gasteiger partial charge in [-0.3, -0.25) is 9.59 Å². The number of para-hydroxylation sites is 1. The first-order valence-corrected chi connectivity index (χ1v) is 8.14. The lowest BCUT2D eigenvalue weighted by atomic mass is 10.1. The quantitative estimate of drug-likeness (QED) is 0.493. The highest BCUT2D eigenvalue weighted by Crippen LogP contribution is 2.38. The van der Waals surface area contributed by atoms with Crippen molar-refractivity contribution in [1.82, 2.24) is 0 Å². The molecule has 0 radical (unpaired) electrons. The first-order valence-electron chi connectivity index (χ1n) is 8.14. The first kappa shape index (κ1) is 20.1. The Morgan fingerprint density at radius 2 is 1.41 bits per heavy atom. The lowest BCUT2D eigenvalue weighted by Crippen LogP contribution is -2.16. The van der Waals surface area contributed by atoms with E-state index in [4.69, 9.17) is 23.7 Å². The third kappa shape index (κ3) is 4.91. The standard InChI is InChI=1S/C20H22O7/c1-23-16-8-6-5-7-14(16)15(21)12-27-19(22)11-13-9-17(24-2)20(26-4)18(10-13)25-3/h5-10H,11-12H2,1-4H3. The van der Waals surface area contributed by atoms with Gasteiger partial charge in [-0.15, -0.1) is 0 Å². The fraction of sp³-hybridized carbons (Fsp3) is 0.300. The molecular weight excluding hydrogens is 352 g/mol. The Labute approximate surface area is 157 Å². The van der Waals surface area contributed by atoms with Gasteiger partial charge in [-0.25, -0.2) is 0 Å². The Morgan fingerprint density at radius 3 is 1.96 bits per heavy atom. The van der Waals surface area contributed by atoms with Crippen LogP contribution < -0.4 is 18.9 Å². The summed E-state index contributed by atoms with van der Waals surface area (Å²) in [6, 6.07) is 10.1. The summed E-state index contributed by atoms with van der Waals surface area (Å²) in [6.07, 6.45) is -0.0457. The normalized spacial score (nSPS) is 10.1. The average Bonchev–Trinajstić information content (AvgIpc) is 2.70. The molecule has 0 heterocycles. The number of ether oxygens (including phenoxy) is 5. The summed E-state index contributed by atoms with van der Waals surface area (Å²) in [5.41, 5.74) is 0.972. The molecule has 0 fully saturated rings. The molecule has 2 rings (SSSR count). The molecule has 144 valence electrons. The van der Waals surface area contributed by atoms with E-state index in [2.05, 4.69) is 0 Å². The van der Waals surface area contributed by atoms with Crippen molar-refractivity contribution in [3.05, 3.63) is 47.5 Å². The molecule has 0 atom stereocenters. The summed E-state index contributed by atoms with van der Waals surface area (Å²) in [6.45, 7) is -0.371. The minimum Gasteiger partial charge on any atom is -0.496 e. The van der Waals surface area contributed by atoms with Crippen molar-refractivity contribution in [3.63, 3.8) is 0 Å². The summed E-state index contributed by atoms with van der Waals surface area (Å²) in [5.74, 6) is 0.847. The molecule has 27 heavy (non-hydrogen) atoms. The van der Waals surface area contributed by atoms with Gasteiger partial charge >= 0.3 is 5.97 Å². The number of ketones is 1. The van der Waals surface area contributed by atoms with Gasteiger partial charge in [0.15, 0.2) is 18.1 Å². The maximum atomic E-state index is 12.3. The van der Waals surface area contributed by atoms with Crippen LogP contribution in [-0.2, 0) is 16.0 Å². The summed E-state index contributed by atoms with van der Waals surface area (Å²) in [5, 5.41) is 0. The van der Waals surface area contributed by atoms with E-state index in [-0.39, 0.29) is 18.8 Å². The van der Waals surface area contributed by atoms with Crippen molar-refractivity contribution in [2.24, 2.45) is 0 Å². The van der Waals surface area contributed by atoms with Gasteiger partial charge in [0.25, 0.3) is 0 Å². The summed E-state index contributed by atoms with van der Waals surface area (Å²) < 4.78 is 26.0. The highest BCUT2D eigenvalue weighted by Gasteiger charge is 2.17. The number of benzene rings is 2. The molecule has 0 aromatic heterocycles. The monoisotopic (exact) mass is 374 g/mol. The van der Waals surface area contributed by atoms with E-state index in [0.29, 0.717) is 34.1 Å². The average molecular weight is 374 g/mol. The SMILES string of the molecule is COc1ccccc1C(=O)COC(=O)Cc1cc(OC)c(OC)c(OC)c1. The van der Waals surface area contributed by atoms with Crippen LogP contribution >= 0.6 is 0 Å². The van der Waals surface area contributed by atoms with Crippen LogP contribution in [0.3, 0.4) is 0 Å². The van der Waals surface area contributed by atoms with E-state index in [1.54, 1.807) is 36.4 Å². The van der Waals surface area contributed by atoms with E-state index in [1.807, 2.05) is 0 Å². The van der Waals surface area contributed by atoms with Crippen LogP contribution in [-0.4, -0.2) is 46.8 Å². The van der Waals surface area contributed by atoms with Gasteiger partial charge in [0.05, 0.1) is 40.4 Å². The Balaban J connectivity index is 2.04. The maximum Gasteiger partial charge on any atom is 0.310 e. The van der Waals surface area contributed by atoms with Gasteiger partial charge in [0.1, 0.15) is 5.75 Å². The largest absolute Gasteiger partial charge is 0.496 e. The molecule has 0 saturated heterocycles. The number of Topliss-reactive ketones (excluding diaryl/α,β-unsaturated/α-hetero) is 1. The van der Waals surface area contributed by atoms with Gasteiger partial charge < -0.3 is 23.7 Å². The molecule has 0 aliphatic rings. The molecular formula is C20H22O7. The fourth-order valence-corrected chi connectivity index (χ4v) is 2.55. The molecule has 0 aliphatic carbocycles. The van der Waals surface area contributed by atoms with Gasteiger partial charge in [0.2, 0.25) is 11.5 Å². The van der Waals surface area contributed by atoms with E-state index in [0.717, 1.165) is 0 Å². The Kier molecular flexibility index (Phi) is 7.05. The van der Waals surface area contributed by atoms with E-state index < -0.39 is 5.97 Å². The van der Waals surface area contributed by atoms with E-state index >= 15 is 0 Å². The zero-order chi connectivity index (χ0) is 19.8. The molecule has 2 aromatic rings. The molecule has 0 bridgehead atoms. The van der Waals surface area contributed by atoms with Crippen molar-refractivity contribution in [1.29, 1.82) is 0 Å². The summed E-state index contributed by atoms with van der Waals surface area (Å²) in [4.78, 5) is 24.4. The first-order chi connectivity index (χ1) is 13.0. The van der Waals surface area contributed by atoms with Crippen LogP contribution in [0.25, 0.3) is 0 Å². The number of hydrogen-bond acceptors (Lipinski definition) is 7. The minimum atomic E-state index is -0.549. The highest BCUT2D eigenvalue weighted by molar-refractivity contribution is 6.00. The zero-order valence-corrected chi connectivity index (χ0v) is 15.7. The molecule has 0 amide bonds. The van der Waals surface area contributed by atoms with E-state index in [9.17, 15) is 9.59 Å². The second-order valence-corrected chi connectivity index (χ2v) is 5.49. The molecule has 0 spiro atoms. The van der Waals surface area contributed by atoms with Crippen molar-refractivity contribution >= 4 is 11.8 Å². The number of rotatable bonds is 9. The maximum absolute atomic E-state index is 12.3. The summed E-state index contributed by atoms with van der Waals surface area (Å²) >= 11 is 0. The molecule has 0 aliphatic heterocycles. The van der Waals surface area contributed by atoms with Crippen LogP contribution in [0.15, 0.2) is 36.4 Å². The second-order valence-electron chi connectivity index (χ2n) is 5.49. The molecule has 2 aromatic carbocycles. The molecule has 0 saturated carbocycles. The third-order valence-electron chi connectivity index (χ3n) is 3.84. The fourth-order valence-electron chi connectivity index (χ4n) is 2.55. The Hall–Kier alpha value is -3.22. The molecule has 7 heteroatoms. The van der Waals surface area contributed by atoms with Crippen LogP contribution in [0.1, 0.15) is 15.9 Å². The zero-order valence-electron chi connectivity index (χ0n) is 15.7. The minimum absolute atomic E-state index is 0.0457. The lowest BCUT2D eigenvalue weighted by molar-refractivity contribution is -0.141. The van der Waals surface area contributed by atoms with Crippen molar-refractivity contribution in [2.75, 3.05) is 35.0 Å². The smallest absolute Gasteiger partial charge is 0.310 e. The highest BCUT2D eigenvalue weighted by atomic mass is 16.5. The number of methoxy groups -OCH3 is 4. The van der Waals surface area contributed by atoms with E-state index in [1.165, 1.54) is 28.4 Å². The number of carbonyl (C=O) groups excluding carboxylic acids is 2. The van der Waals surface area contributed by atoms with Crippen LogP contribution in [0.5, 0.6) is 23.0 Å². The van der Waals surface area contributed by atoms with Crippen molar-refractivity contribution in [3.8, 4) is 23.0 Å². The molecule has 0 N–H and O–H groups in total. The molecule has 7 nitrogen and oxygen atoms in total. The number of esters is 1. The lowest BCUT2D eigenvalue weighted by Gasteiger charge is -2.14. The van der Waals surface area contributed by atoms with Gasteiger partial charge in [-0.1, -0.05) is 12.1 Å². The second kappa shape index (κ2) is 9.47. The predicted octanol–water partition coefficient (Wildman–Crippen LogP) is 2.69. The van der Waals surface area contributed by atoms with Gasteiger partial charge in [-0.2, -0.15) is 0 Å². The Bertz CT molecular complexity index is 789. The van der Waals surface area contributed by atoms with Crippen LogP contribution in [0.2, 0.25) is 0 Å². The topological polar surface area (TPSA) is 80.3 Å². The summed E-state index contributed by atoms with van der Waals surface area (Å²) in [7, 11) is 5.96. The number of carbonyl (C=O) groups is 2. The van der Waals surface area contributed by atoms with Crippen LogP contribution in [0, 0.1) is 0 Å². The predicted molar refractivity (Wildman–Crippen MR) is 98.1 cm³/mol. The van der Waals surface area contributed by atoms with Crippen LogP contribution in [0.4, 0.5) is 0 Å². The van der Waals surface area contributed by atoms with Crippen molar-refractivity contribution < 1.29 is 33.3 Å². The Morgan fingerprint density at radius 1 is 0.815 bits per heavy atom. The van der Waals surface area contributed by atoms with Gasteiger partial charge in [0, 0.05) is 0 Å². The third-order valence-corrected chi connectivity index (χ3v) is 3.84. The molecule has 0 unspecified atom stereocenters. The number of hydrogen-bond donors (Lipinski definition) is 0.